The number of benzene rings is 1. The van der Waals surface area contributed by atoms with E-state index in [1.54, 1.807) is 0 Å². The molecule has 0 saturated heterocycles. The van der Waals surface area contributed by atoms with E-state index in [0.717, 1.165) is 19.7 Å². The van der Waals surface area contributed by atoms with Crippen LogP contribution in [0.5, 0.6) is 0 Å². The zero-order valence-electron chi connectivity index (χ0n) is 10.2. The van der Waals surface area contributed by atoms with E-state index in [-0.39, 0.29) is 0 Å². The fraction of sp³-hybridized carbons (Fsp3) is 0.571. The monoisotopic (exact) mass is 219 g/mol. The number of nitrogens with one attached hydrogen (secondary N) is 1. The summed E-state index contributed by atoms with van der Waals surface area (Å²) in [4.78, 5) is 0. The lowest BCUT2D eigenvalue weighted by Gasteiger charge is -2.30. The van der Waals surface area contributed by atoms with Crippen LogP contribution in [0.15, 0.2) is 24.3 Å². The van der Waals surface area contributed by atoms with Gasteiger partial charge in [-0.1, -0.05) is 24.3 Å². The zero-order valence-corrected chi connectivity index (χ0v) is 10.2. The third kappa shape index (κ3) is 2.63. The van der Waals surface area contributed by atoms with Crippen molar-refractivity contribution in [3.8, 4) is 0 Å². The quantitative estimate of drug-likeness (QED) is 0.793. The van der Waals surface area contributed by atoms with E-state index in [1.807, 2.05) is 6.92 Å². The van der Waals surface area contributed by atoms with Crippen LogP contribution in [-0.2, 0) is 11.2 Å². The molecule has 0 radical (unpaired) electrons. The molecule has 0 spiro atoms. The SMILES string of the molecule is CCOC(C)CNCC1Cc2ccccc21. The van der Waals surface area contributed by atoms with Crippen molar-refractivity contribution in [2.45, 2.75) is 32.3 Å². The number of ether oxygens (including phenoxy) is 1. The molecule has 2 atom stereocenters. The van der Waals surface area contributed by atoms with Gasteiger partial charge < -0.3 is 10.1 Å². The van der Waals surface area contributed by atoms with Gasteiger partial charge in [-0.15, -0.1) is 0 Å². The summed E-state index contributed by atoms with van der Waals surface area (Å²) in [5.41, 5.74) is 3.05. The molecule has 2 rings (SSSR count). The van der Waals surface area contributed by atoms with Crippen molar-refractivity contribution in [2.24, 2.45) is 0 Å². The van der Waals surface area contributed by atoms with Gasteiger partial charge in [-0.05, 0) is 31.4 Å². The molecule has 2 unspecified atom stereocenters. The average Bonchev–Trinajstić information content (AvgIpc) is 2.25. The van der Waals surface area contributed by atoms with Crippen LogP contribution in [0.1, 0.15) is 30.9 Å². The van der Waals surface area contributed by atoms with Crippen molar-refractivity contribution in [3.63, 3.8) is 0 Å². The molecule has 1 N–H and O–H groups in total. The predicted molar refractivity (Wildman–Crippen MR) is 66.8 cm³/mol. The molecule has 1 aliphatic rings. The Bertz CT molecular complexity index is 337. The average molecular weight is 219 g/mol. The predicted octanol–water partition coefficient (Wildman–Crippen LogP) is 2.34. The van der Waals surface area contributed by atoms with Crippen LogP contribution < -0.4 is 5.32 Å². The summed E-state index contributed by atoms with van der Waals surface area (Å²) >= 11 is 0. The van der Waals surface area contributed by atoms with E-state index in [1.165, 1.54) is 17.5 Å². The molecular formula is C14H21NO. The Morgan fingerprint density at radius 3 is 3.00 bits per heavy atom. The third-order valence-corrected chi connectivity index (χ3v) is 3.23. The van der Waals surface area contributed by atoms with Crippen LogP contribution in [-0.4, -0.2) is 25.8 Å². The standard InChI is InChI=1S/C14H21NO/c1-3-16-11(2)9-15-10-13-8-12-6-4-5-7-14(12)13/h4-7,11,13,15H,3,8-10H2,1-2H3. The van der Waals surface area contributed by atoms with Gasteiger partial charge in [-0.3, -0.25) is 0 Å². The Hall–Kier alpha value is -0.860. The second-order valence-corrected chi connectivity index (χ2v) is 4.52. The second-order valence-electron chi connectivity index (χ2n) is 4.52. The van der Waals surface area contributed by atoms with Crippen LogP contribution in [0, 0.1) is 0 Å². The van der Waals surface area contributed by atoms with E-state index in [0.29, 0.717) is 12.0 Å². The van der Waals surface area contributed by atoms with Crippen molar-refractivity contribution in [3.05, 3.63) is 35.4 Å². The van der Waals surface area contributed by atoms with Crippen LogP contribution in [0.4, 0.5) is 0 Å². The molecule has 1 aromatic carbocycles. The fourth-order valence-electron chi connectivity index (χ4n) is 2.35. The van der Waals surface area contributed by atoms with Gasteiger partial charge >= 0.3 is 0 Å². The smallest absolute Gasteiger partial charge is 0.0671 e. The summed E-state index contributed by atoms with van der Waals surface area (Å²) in [5.74, 6) is 0.713. The Morgan fingerprint density at radius 2 is 2.25 bits per heavy atom. The topological polar surface area (TPSA) is 21.3 Å². The highest BCUT2D eigenvalue weighted by molar-refractivity contribution is 5.40. The van der Waals surface area contributed by atoms with E-state index >= 15 is 0 Å². The van der Waals surface area contributed by atoms with Crippen LogP contribution >= 0.6 is 0 Å². The number of hydrogen-bond donors (Lipinski definition) is 1. The van der Waals surface area contributed by atoms with Gasteiger partial charge in [-0.25, -0.2) is 0 Å². The molecule has 1 aromatic rings. The molecular weight excluding hydrogens is 198 g/mol. The second kappa shape index (κ2) is 5.46. The highest BCUT2D eigenvalue weighted by Crippen LogP contribution is 2.33. The molecule has 0 bridgehead atoms. The maximum atomic E-state index is 5.48. The molecule has 0 saturated carbocycles. The van der Waals surface area contributed by atoms with Gasteiger partial charge in [0.25, 0.3) is 0 Å². The molecule has 0 aliphatic heterocycles. The van der Waals surface area contributed by atoms with E-state index in [9.17, 15) is 0 Å². The summed E-state index contributed by atoms with van der Waals surface area (Å²) in [5, 5.41) is 3.49. The minimum atomic E-state index is 0.320. The van der Waals surface area contributed by atoms with Crippen LogP contribution in [0.3, 0.4) is 0 Å². The van der Waals surface area contributed by atoms with Crippen LogP contribution in [0.2, 0.25) is 0 Å². The summed E-state index contributed by atoms with van der Waals surface area (Å²) in [6, 6.07) is 8.74. The Morgan fingerprint density at radius 1 is 1.44 bits per heavy atom. The number of rotatable bonds is 6. The molecule has 16 heavy (non-hydrogen) atoms. The molecule has 0 fully saturated rings. The fourth-order valence-corrected chi connectivity index (χ4v) is 2.35. The molecule has 1 aliphatic carbocycles. The van der Waals surface area contributed by atoms with Gasteiger partial charge in [-0.2, -0.15) is 0 Å². The summed E-state index contributed by atoms with van der Waals surface area (Å²) in [7, 11) is 0. The lowest BCUT2D eigenvalue weighted by Crippen LogP contribution is -2.34. The molecule has 88 valence electrons. The highest BCUT2D eigenvalue weighted by Gasteiger charge is 2.24. The lowest BCUT2D eigenvalue weighted by molar-refractivity contribution is 0.0758. The summed E-state index contributed by atoms with van der Waals surface area (Å²) in [6.45, 7) is 6.99. The largest absolute Gasteiger partial charge is 0.377 e. The van der Waals surface area contributed by atoms with Crippen molar-refractivity contribution in [1.82, 2.24) is 5.32 Å². The Kier molecular flexibility index (Phi) is 3.97. The molecule has 2 nitrogen and oxygen atoms in total. The summed E-state index contributed by atoms with van der Waals surface area (Å²) in [6.07, 6.45) is 1.55. The molecule has 0 amide bonds. The minimum absolute atomic E-state index is 0.320. The lowest BCUT2D eigenvalue weighted by atomic mass is 9.77. The maximum Gasteiger partial charge on any atom is 0.0671 e. The number of fused-ring (bicyclic) bond motifs is 1. The minimum Gasteiger partial charge on any atom is -0.377 e. The first-order chi connectivity index (χ1) is 7.81. The van der Waals surface area contributed by atoms with Gasteiger partial charge in [0.1, 0.15) is 0 Å². The van der Waals surface area contributed by atoms with E-state index < -0.39 is 0 Å². The van der Waals surface area contributed by atoms with Crippen LogP contribution in [0.25, 0.3) is 0 Å². The van der Waals surface area contributed by atoms with Crippen molar-refractivity contribution < 1.29 is 4.74 Å². The number of hydrogen-bond acceptors (Lipinski definition) is 2. The van der Waals surface area contributed by atoms with Gasteiger partial charge in [0.05, 0.1) is 6.10 Å². The Labute approximate surface area is 98.0 Å². The summed E-state index contributed by atoms with van der Waals surface area (Å²) < 4.78 is 5.48. The normalized spacial score (nSPS) is 20.0. The van der Waals surface area contributed by atoms with Gasteiger partial charge in [0.15, 0.2) is 0 Å². The van der Waals surface area contributed by atoms with Crippen molar-refractivity contribution >= 4 is 0 Å². The first-order valence-electron chi connectivity index (χ1n) is 6.21. The molecule has 0 heterocycles. The first-order valence-corrected chi connectivity index (χ1v) is 6.21. The van der Waals surface area contributed by atoms with Crippen molar-refractivity contribution in [2.75, 3.05) is 19.7 Å². The maximum absolute atomic E-state index is 5.48. The van der Waals surface area contributed by atoms with E-state index in [2.05, 4.69) is 36.5 Å². The van der Waals surface area contributed by atoms with Gasteiger partial charge in [0.2, 0.25) is 0 Å². The molecule has 2 heteroatoms. The first kappa shape index (κ1) is 11.6. The van der Waals surface area contributed by atoms with Crippen molar-refractivity contribution in [1.29, 1.82) is 0 Å². The zero-order chi connectivity index (χ0) is 11.4. The van der Waals surface area contributed by atoms with E-state index in [4.69, 9.17) is 4.74 Å². The van der Waals surface area contributed by atoms with Gasteiger partial charge in [0, 0.05) is 25.6 Å². The highest BCUT2D eigenvalue weighted by atomic mass is 16.5. The third-order valence-electron chi connectivity index (χ3n) is 3.23. The molecule has 0 aromatic heterocycles. The Balaban J connectivity index is 1.70.